The van der Waals surface area contributed by atoms with Gasteiger partial charge in [0.05, 0.1) is 11.4 Å². The number of carbonyl (C=O) groups is 1. The van der Waals surface area contributed by atoms with Crippen LogP contribution in [0.15, 0.2) is 73.3 Å². The summed E-state index contributed by atoms with van der Waals surface area (Å²) in [7, 11) is 0. The summed E-state index contributed by atoms with van der Waals surface area (Å²) in [6.07, 6.45) is 3.02. The van der Waals surface area contributed by atoms with Crippen LogP contribution >= 0.6 is 11.6 Å². The molecule has 0 unspecified atom stereocenters. The van der Waals surface area contributed by atoms with E-state index in [1.165, 1.54) is 22.7 Å². The number of quaternary nitrogens is 1. The fourth-order valence-electron chi connectivity index (χ4n) is 3.40. The largest absolute Gasteiger partial charge is 0.332 e. The summed E-state index contributed by atoms with van der Waals surface area (Å²) < 4.78 is 1.59. The maximum absolute atomic E-state index is 12.6. The lowest BCUT2D eigenvalue weighted by Gasteiger charge is -2.15. The molecule has 0 fully saturated rings. The molecule has 0 aliphatic heterocycles. The minimum absolute atomic E-state index is 0.110. The fraction of sp³-hybridized carbons (Fsp3) is 0.136. The minimum atomic E-state index is -0.110. The molecule has 7 heteroatoms. The topological polar surface area (TPSA) is 76.4 Å². The maximum Gasteiger partial charge on any atom is 0.279 e. The second kappa shape index (κ2) is 8.43. The third kappa shape index (κ3) is 4.29. The Morgan fingerprint density at radius 2 is 2.00 bits per heavy atom. The summed E-state index contributed by atoms with van der Waals surface area (Å²) in [5, 5.41) is 12.0. The van der Waals surface area contributed by atoms with E-state index in [0.717, 1.165) is 0 Å². The quantitative estimate of drug-likeness (QED) is 0.515. The average molecular weight is 407 g/mol. The second-order valence-corrected chi connectivity index (χ2v) is 7.28. The number of halogens is 1. The van der Waals surface area contributed by atoms with E-state index in [1.54, 1.807) is 29.2 Å². The number of aromatic nitrogens is 3. The Balaban J connectivity index is 1.46. The smallest absolute Gasteiger partial charge is 0.279 e. The Kier molecular flexibility index (Phi) is 5.55. The summed E-state index contributed by atoms with van der Waals surface area (Å²) >= 11 is 6.12. The van der Waals surface area contributed by atoms with E-state index in [1.807, 2.05) is 17.4 Å². The van der Waals surface area contributed by atoms with Gasteiger partial charge in [0.25, 0.3) is 5.91 Å². The van der Waals surface area contributed by atoms with Gasteiger partial charge in [-0.1, -0.05) is 54.1 Å². The van der Waals surface area contributed by atoms with Gasteiger partial charge in [-0.05, 0) is 35.9 Å². The molecule has 0 aliphatic rings. The molecule has 146 valence electrons. The molecule has 0 bridgehead atoms. The predicted octanol–water partition coefficient (Wildman–Crippen LogP) is 3.34. The van der Waals surface area contributed by atoms with Crippen molar-refractivity contribution < 1.29 is 10.1 Å². The van der Waals surface area contributed by atoms with Gasteiger partial charge >= 0.3 is 0 Å². The molecule has 4 aromatic rings. The highest BCUT2D eigenvalue weighted by Gasteiger charge is 2.16. The molecule has 0 saturated carbocycles. The normalized spacial score (nSPS) is 12.1. The summed E-state index contributed by atoms with van der Waals surface area (Å²) in [5.74, 6) is -0.110. The monoisotopic (exact) mass is 406 g/mol. The summed E-state index contributed by atoms with van der Waals surface area (Å²) in [6, 6.07) is 20.0. The molecule has 0 aliphatic carbocycles. The number of nitrogens with one attached hydrogen (secondary N) is 1. The van der Waals surface area contributed by atoms with Gasteiger partial charge < -0.3 is 10.6 Å². The van der Waals surface area contributed by atoms with Gasteiger partial charge in [0.1, 0.15) is 18.7 Å². The number of rotatable bonds is 6. The van der Waals surface area contributed by atoms with Crippen molar-refractivity contribution in [2.45, 2.75) is 13.0 Å². The highest BCUT2D eigenvalue weighted by Crippen LogP contribution is 2.24. The minimum Gasteiger partial charge on any atom is -0.332 e. The molecule has 6 nitrogen and oxygen atoms in total. The molecule has 0 saturated heterocycles. The fourth-order valence-corrected chi connectivity index (χ4v) is 3.57. The lowest BCUT2D eigenvalue weighted by Crippen LogP contribution is -2.86. The van der Waals surface area contributed by atoms with E-state index < -0.39 is 0 Å². The van der Waals surface area contributed by atoms with Crippen LogP contribution in [0.5, 0.6) is 0 Å². The van der Waals surface area contributed by atoms with Crippen LogP contribution in [0.1, 0.15) is 18.5 Å². The Labute approximate surface area is 173 Å². The van der Waals surface area contributed by atoms with Crippen molar-refractivity contribution in [1.82, 2.24) is 14.8 Å². The van der Waals surface area contributed by atoms with Crippen LogP contribution < -0.4 is 10.6 Å². The first-order valence-corrected chi connectivity index (χ1v) is 9.75. The predicted molar refractivity (Wildman–Crippen MR) is 114 cm³/mol. The zero-order valence-electron chi connectivity index (χ0n) is 15.9. The zero-order valence-corrected chi connectivity index (χ0v) is 16.7. The number of anilines is 1. The first kappa shape index (κ1) is 19.1. The Morgan fingerprint density at radius 1 is 1.17 bits per heavy atom. The van der Waals surface area contributed by atoms with Gasteiger partial charge in [-0.3, -0.25) is 4.79 Å². The highest BCUT2D eigenvalue weighted by molar-refractivity contribution is 6.31. The van der Waals surface area contributed by atoms with E-state index in [-0.39, 0.29) is 18.5 Å². The van der Waals surface area contributed by atoms with Crippen molar-refractivity contribution >= 4 is 34.0 Å². The van der Waals surface area contributed by atoms with Crippen molar-refractivity contribution in [2.75, 3.05) is 11.9 Å². The van der Waals surface area contributed by atoms with Crippen LogP contribution in [-0.2, 0) is 4.79 Å². The number of nitrogens with two attached hydrogens (primary N) is 1. The Hall–Kier alpha value is -3.22. The molecule has 0 radical (unpaired) electrons. The number of hydrogen-bond acceptors (Lipinski definition) is 3. The van der Waals surface area contributed by atoms with Crippen LogP contribution in [0.4, 0.5) is 5.69 Å². The molecule has 1 heterocycles. The van der Waals surface area contributed by atoms with E-state index in [0.29, 0.717) is 16.4 Å². The van der Waals surface area contributed by atoms with E-state index >= 15 is 0 Å². The lowest BCUT2D eigenvalue weighted by molar-refractivity contribution is -0.682. The van der Waals surface area contributed by atoms with Gasteiger partial charge in [0.2, 0.25) is 0 Å². The van der Waals surface area contributed by atoms with Gasteiger partial charge in [0.15, 0.2) is 6.54 Å². The lowest BCUT2D eigenvalue weighted by atomic mass is 10.00. The van der Waals surface area contributed by atoms with E-state index in [9.17, 15) is 4.79 Å². The summed E-state index contributed by atoms with van der Waals surface area (Å²) in [6.45, 7) is 2.39. The van der Waals surface area contributed by atoms with Crippen LogP contribution in [0, 0.1) is 0 Å². The number of nitrogens with zero attached hydrogens (tertiary/aromatic N) is 3. The SMILES string of the molecule is C[C@H]([NH2+]CC(=O)Nc1cc(Cl)ccc1-n1cncn1)c1cccc2ccccc12. The summed E-state index contributed by atoms with van der Waals surface area (Å²) in [5.41, 5.74) is 2.52. The molecule has 3 N–H and O–H groups in total. The first-order chi connectivity index (χ1) is 14.1. The second-order valence-electron chi connectivity index (χ2n) is 6.85. The maximum atomic E-state index is 12.6. The molecule has 1 atom stereocenters. The van der Waals surface area contributed by atoms with Crippen molar-refractivity contribution in [3.63, 3.8) is 0 Å². The van der Waals surface area contributed by atoms with Crippen LogP contribution in [0.3, 0.4) is 0 Å². The van der Waals surface area contributed by atoms with Crippen molar-refractivity contribution in [1.29, 1.82) is 0 Å². The van der Waals surface area contributed by atoms with Crippen molar-refractivity contribution in [3.05, 3.63) is 83.9 Å². The van der Waals surface area contributed by atoms with Gasteiger partial charge in [0, 0.05) is 10.6 Å². The number of benzene rings is 3. The molecule has 29 heavy (non-hydrogen) atoms. The Morgan fingerprint density at radius 3 is 2.83 bits per heavy atom. The third-order valence-corrected chi connectivity index (χ3v) is 5.10. The first-order valence-electron chi connectivity index (χ1n) is 9.37. The van der Waals surface area contributed by atoms with Crippen LogP contribution in [-0.4, -0.2) is 27.2 Å². The van der Waals surface area contributed by atoms with Crippen LogP contribution in [0.25, 0.3) is 16.5 Å². The van der Waals surface area contributed by atoms with Gasteiger partial charge in [-0.15, -0.1) is 0 Å². The molecule has 1 amide bonds. The molecule has 0 spiro atoms. The average Bonchev–Trinajstić information content (AvgIpc) is 3.26. The van der Waals surface area contributed by atoms with Crippen molar-refractivity contribution in [3.8, 4) is 5.69 Å². The standard InChI is InChI=1S/C22H20ClN5O/c1-15(18-8-4-6-16-5-2-3-7-19(16)18)25-12-22(29)27-20-11-17(23)9-10-21(20)28-14-24-13-26-28/h2-11,13-15,25H,12H2,1H3,(H,27,29)/p+1/t15-/m0/s1. The molecule has 4 rings (SSSR count). The molecule has 3 aromatic carbocycles. The van der Waals surface area contributed by atoms with E-state index in [2.05, 4.69) is 52.7 Å². The molecule has 1 aromatic heterocycles. The van der Waals surface area contributed by atoms with Crippen LogP contribution in [0.2, 0.25) is 5.02 Å². The zero-order chi connectivity index (χ0) is 20.2. The highest BCUT2D eigenvalue weighted by atomic mass is 35.5. The number of amides is 1. The molecular formula is C22H21ClN5O+. The molecular weight excluding hydrogens is 386 g/mol. The van der Waals surface area contributed by atoms with Gasteiger partial charge in [-0.2, -0.15) is 5.10 Å². The summed E-state index contributed by atoms with van der Waals surface area (Å²) in [4.78, 5) is 16.6. The van der Waals surface area contributed by atoms with Gasteiger partial charge in [-0.25, -0.2) is 9.67 Å². The Bertz CT molecular complexity index is 1140. The number of carbonyl (C=O) groups excluding carboxylic acids is 1. The number of hydrogen-bond donors (Lipinski definition) is 2. The van der Waals surface area contributed by atoms with Crippen molar-refractivity contribution in [2.24, 2.45) is 0 Å². The van der Waals surface area contributed by atoms with E-state index in [4.69, 9.17) is 11.6 Å². The third-order valence-electron chi connectivity index (χ3n) is 4.87. The number of fused-ring (bicyclic) bond motifs is 1.